The topological polar surface area (TPSA) is 54.0 Å². The fourth-order valence-electron chi connectivity index (χ4n) is 2.29. The van der Waals surface area contributed by atoms with Gasteiger partial charge in [0, 0.05) is 29.6 Å². The second-order valence-corrected chi connectivity index (χ2v) is 6.84. The third-order valence-corrected chi connectivity index (χ3v) is 4.07. The van der Waals surface area contributed by atoms with Gasteiger partial charge in [0.2, 0.25) is 5.91 Å². The fourth-order valence-corrected chi connectivity index (χ4v) is 2.82. The summed E-state index contributed by atoms with van der Waals surface area (Å²) in [6, 6.07) is 10.5. The number of hydrogen-bond donors (Lipinski definition) is 2. The number of carbonyl (C=O) groups excluding carboxylic acids is 1. The van der Waals surface area contributed by atoms with Crippen LogP contribution in [-0.2, 0) is 4.79 Å². The van der Waals surface area contributed by atoms with Gasteiger partial charge in [-0.15, -0.1) is 11.3 Å². The Morgan fingerprint density at radius 3 is 2.74 bits per heavy atom. The molecule has 1 heterocycles. The predicted molar refractivity (Wildman–Crippen MR) is 96.2 cm³/mol. The highest BCUT2D eigenvalue weighted by molar-refractivity contribution is 7.07. The van der Waals surface area contributed by atoms with Gasteiger partial charge in [-0.2, -0.15) is 0 Å². The van der Waals surface area contributed by atoms with Gasteiger partial charge in [0.25, 0.3) is 0 Å². The van der Waals surface area contributed by atoms with Crippen LogP contribution in [0.4, 0.5) is 0 Å². The van der Waals surface area contributed by atoms with E-state index >= 15 is 0 Å². The number of aromatic nitrogens is 1. The highest BCUT2D eigenvalue weighted by atomic mass is 32.1. The van der Waals surface area contributed by atoms with Crippen molar-refractivity contribution in [3.8, 4) is 0 Å². The predicted octanol–water partition coefficient (Wildman–Crippen LogP) is 3.40. The van der Waals surface area contributed by atoms with Crippen LogP contribution < -0.4 is 10.6 Å². The third kappa shape index (κ3) is 5.96. The zero-order valence-corrected chi connectivity index (χ0v) is 14.6. The SMILES string of the molecule is CC(NC(C)(C)CNC(=O)/C=C/c1cscn1)c1ccccc1. The van der Waals surface area contributed by atoms with E-state index in [0.717, 1.165) is 5.69 Å². The highest BCUT2D eigenvalue weighted by Crippen LogP contribution is 2.15. The van der Waals surface area contributed by atoms with Crippen molar-refractivity contribution < 1.29 is 4.79 Å². The van der Waals surface area contributed by atoms with Crippen molar-refractivity contribution in [3.05, 3.63) is 58.6 Å². The standard InChI is InChI=1S/C18H23N3OS/c1-14(15-7-5-4-6-8-15)21-18(2,3)12-19-17(22)10-9-16-11-23-13-20-16/h4-11,13-14,21H,12H2,1-3H3,(H,19,22)/b10-9+. The number of hydrogen-bond acceptors (Lipinski definition) is 4. The molecule has 2 aromatic rings. The van der Waals surface area contributed by atoms with Gasteiger partial charge >= 0.3 is 0 Å². The number of carbonyl (C=O) groups is 1. The maximum absolute atomic E-state index is 11.9. The van der Waals surface area contributed by atoms with Gasteiger partial charge in [-0.1, -0.05) is 30.3 Å². The number of benzene rings is 1. The summed E-state index contributed by atoms with van der Waals surface area (Å²) in [6.07, 6.45) is 3.24. The molecule has 2 N–H and O–H groups in total. The van der Waals surface area contributed by atoms with E-state index in [2.05, 4.69) is 48.5 Å². The first kappa shape index (κ1) is 17.4. The van der Waals surface area contributed by atoms with Crippen LogP contribution in [0, 0.1) is 0 Å². The maximum atomic E-state index is 11.9. The van der Waals surface area contributed by atoms with Crippen LogP contribution in [0.2, 0.25) is 0 Å². The summed E-state index contributed by atoms with van der Waals surface area (Å²) in [7, 11) is 0. The Bertz CT molecular complexity index is 636. The fraction of sp³-hybridized carbons (Fsp3) is 0.333. The van der Waals surface area contributed by atoms with Gasteiger partial charge in [0.1, 0.15) is 0 Å². The molecular formula is C18H23N3OS. The molecule has 1 aromatic carbocycles. The van der Waals surface area contributed by atoms with E-state index in [-0.39, 0.29) is 17.5 Å². The summed E-state index contributed by atoms with van der Waals surface area (Å²) in [6.45, 7) is 6.83. The Labute approximate surface area is 141 Å². The molecule has 0 fully saturated rings. The molecule has 122 valence electrons. The second-order valence-electron chi connectivity index (χ2n) is 6.13. The molecule has 0 spiro atoms. The molecule has 0 radical (unpaired) electrons. The highest BCUT2D eigenvalue weighted by Gasteiger charge is 2.21. The molecule has 4 nitrogen and oxygen atoms in total. The molecule has 5 heteroatoms. The van der Waals surface area contributed by atoms with Crippen molar-refractivity contribution in [2.45, 2.75) is 32.4 Å². The molecule has 0 aliphatic heterocycles. The first-order chi connectivity index (χ1) is 11.0. The quantitative estimate of drug-likeness (QED) is 0.766. The van der Waals surface area contributed by atoms with Crippen LogP contribution in [0.5, 0.6) is 0 Å². The summed E-state index contributed by atoms with van der Waals surface area (Å²) in [5.74, 6) is -0.111. The summed E-state index contributed by atoms with van der Waals surface area (Å²) >= 11 is 1.51. The molecule has 0 saturated carbocycles. The Balaban J connectivity index is 1.82. The number of nitrogens with one attached hydrogen (secondary N) is 2. The van der Waals surface area contributed by atoms with E-state index in [9.17, 15) is 4.79 Å². The monoisotopic (exact) mass is 329 g/mol. The van der Waals surface area contributed by atoms with Crippen molar-refractivity contribution in [1.29, 1.82) is 0 Å². The molecule has 23 heavy (non-hydrogen) atoms. The van der Waals surface area contributed by atoms with E-state index in [0.29, 0.717) is 6.54 Å². The van der Waals surface area contributed by atoms with E-state index in [1.165, 1.54) is 23.0 Å². The number of amides is 1. The lowest BCUT2D eigenvalue weighted by Gasteiger charge is -2.30. The Kier molecular flexibility index (Phi) is 6.07. The van der Waals surface area contributed by atoms with E-state index in [4.69, 9.17) is 0 Å². The van der Waals surface area contributed by atoms with E-state index in [1.807, 2.05) is 23.6 Å². The molecule has 0 aliphatic carbocycles. The lowest BCUT2D eigenvalue weighted by molar-refractivity contribution is -0.116. The van der Waals surface area contributed by atoms with Crippen molar-refractivity contribution in [2.75, 3.05) is 6.54 Å². The van der Waals surface area contributed by atoms with Crippen LogP contribution in [-0.4, -0.2) is 23.0 Å². The first-order valence-corrected chi connectivity index (χ1v) is 8.57. The Morgan fingerprint density at radius 1 is 1.35 bits per heavy atom. The first-order valence-electron chi connectivity index (χ1n) is 7.63. The third-order valence-electron chi connectivity index (χ3n) is 3.47. The summed E-state index contributed by atoms with van der Waals surface area (Å²) in [4.78, 5) is 16.0. The minimum Gasteiger partial charge on any atom is -0.351 e. The van der Waals surface area contributed by atoms with Crippen LogP contribution in [0.1, 0.15) is 38.1 Å². The van der Waals surface area contributed by atoms with Crippen molar-refractivity contribution in [2.24, 2.45) is 0 Å². The van der Waals surface area contributed by atoms with E-state index in [1.54, 1.807) is 11.6 Å². The molecule has 0 saturated heterocycles. The van der Waals surface area contributed by atoms with Crippen molar-refractivity contribution in [3.63, 3.8) is 0 Å². The molecule has 0 bridgehead atoms. The van der Waals surface area contributed by atoms with Crippen molar-refractivity contribution in [1.82, 2.24) is 15.6 Å². The van der Waals surface area contributed by atoms with Crippen LogP contribution in [0.3, 0.4) is 0 Å². The van der Waals surface area contributed by atoms with E-state index < -0.39 is 0 Å². The Hall–Kier alpha value is -1.98. The van der Waals surface area contributed by atoms with Gasteiger partial charge in [0.15, 0.2) is 0 Å². The van der Waals surface area contributed by atoms with Gasteiger partial charge in [0.05, 0.1) is 11.2 Å². The molecule has 1 aromatic heterocycles. The number of nitrogens with zero attached hydrogens (tertiary/aromatic N) is 1. The normalized spacial score (nSPS) is 13.2. The van der Waals surface area contributed by atoms with Gasteiger partial charge in [-0.25, -0.2) is 4.98 Å². The van der Waals surface area contributed by atoms with Crippen molar-refractivity contribution >= 4 is 23.3 Å². The minimum absolute atomic E-state index is 0.111. The minimum atomic E-state index is -0.209. The molecule has 2 rings (SSSR count). The molecular weight excluding hydrogens is 306 g/mol. The number of thiazole rings is 1. The largest absolute Gasteiger partial charge is 0.351 e. The summed E-state index contributed by atoms with van der Waals surface area (Å²) in [5, 5.41) is 8.38. The summed E-state index contributed by atoms with van der Waals surface area (Å²) in [5.41, 5.74) is 3.57. The van der Waals surface area contributed by atoms with Gasteiger partial charge in [-0.3, -0.25) is 4.79 Å². The number of rotatable bonds is 7. The molecule has 1 amide bonds. The average Bonchev–Trinajstić information content (AvgIpc) is 3.05. The Morgan fingerprint density at radius 2 is 2.09 bits per heavy atom. The summed E-state index contributed by atoms with van der Waals surface area (Å²) < 4.78 is 0. The lowest BCUT2D eigenvalue weighted by Crippen LogP contribution is -2.49. The average molecular weight is 329 g/mol. The van der Waals surface area contributed by atoms with Gasteiger partial charge < -0.3 is 10.6 Å². The molecule has 1 atom stereocenters. The second kappa shape index (κ2) is 8.04. The molecule has 0 aliphatic rings. The van der Waals surface area contributed by atoms with Gasteiger partial charge in [-0.05, 0) is 32.4 Å². The lowest BCUT2D eigenvalue weighted by atomic mass is 10.0. The molecule has 1 unspecified atom stereocenters. The van der Waals surface area contributed by atoms with Crippen LogP contribution >= 0.6 is 11.3 Å². The smallest absolute Gasteiger partial charge is 0.244 e. The van der Waals surface area contributed by atoms with Crippen LogP contribution in [0.15, 0.2) is 47.3 Å². The maximum Gasteiger partial charge on any atom is 0.244 e. The zero-order chi connectivity index (χ0) is 16.7. The zero-order valence-electron chi connectivity index (χ0n) is 13.7. The van der Waals surface area contributed by atoms with Crippen LogP contribution in [0.25, 0.3) is 6.08 Å².